The summed E-state index contributed by atoms with van der Waals surface area (Å²) >= 11 is 11.1. The van der Waals surface area contributed by atoms with Gasteiger partial charge in [-0.2, -0.15) is 0 Å². The monoisotopic (exact) mass is 281 g/mol. The van der Waals surface area contributed by atoms with E-state index in [1.54, 1.807) is 6.07 Å². The van der Waals surface area contributed by atoms with Gasteiger partial charge in [-0.25, -0.2) is 0 Å². The van der Waals surface area contributed by atoms with E-state index in [1.165, 1.54) is 0 Å². The van der Waals surface area contributed by atoms with Gasteiger partial charge in [0.25, 0.3) is 0 Å². The Bertz CT molecular complexity index is 582. The molecule has 2 rings (SSSR count). The molecule has 0 aliphatic rings. The summed E-state index contributed by atoms with van der Waals surface area (Å²) < 4.78 is 4.94. The van der Waals surface area contributed by atoms with E-state index in [2.05, 4.69) is 15.8 Å². The van der Waals surface area contributed by atoms with E-state index in [4.69, 9.17) is 28.3 Å². The Morgan fingerprint density at radius 1 is 1.28 bits per heavy atom. The van der Waals surface area contributed by atoms with Crippen LogP contribution in [0, 0.1) is 13.8 Å². The molecule has 0 aliphatic carbocycles. The molecule has 18 heavy (non-hydrogen) atoms. The zero-order valence-electron chi connectivity index (χ0n) is 9.95. The second-order valence-corrected chi connectivity index (χ2v) is 4.71. The Kier molecular flexibility index (Phi) is 3.84. The molecular formula is C12H12ClN3OS. The quantitative estimate of drug-likeness (QED) is 0.821. The normalized spacial score (nSPS) is 10.2. The molecule has 4 nitrogen and oxygen atoms in total. The zero-order chi connectivity index (χ0) is 13.1. The van der Waals surface area contributed by atoms with Crippen molar-refractivity contribution in [3.05, 3.63) is 40.6 Å². The van der Waals surface area contributed by atoms with Crippen LogP contribution in [0.5, 0.6) is 0 Å². The average Bonchev–Trinajstić information content (AvgIpc) is 2.69. The summed E-state index contributed by atoms with van der Waals surface area (Å²) in [5, 5.41) is 10.9. The molecule has 2 aromatic rings. The van der Waals surface area contributed by atoms with Gasteiger partial charge >= 0.3 is 0 Å². The van der Waals surface area contributed by atoms with Gasteiger partial charge in [0.2, 0.25) is 0 Å². The summed E-state index contributed by atoms with van der Waals surface area (Å²) in [6.07, 6.45) is 0. The lowest BCUT2D eigenvalue weighted by molar-refractivity contribution is 0.400. The molecule has 6 heteroatoms. The maximum Gasteiger partial charge on any atom is 0.176 e. The number of nitrogens with zero attached hydrogens (tertiary/aromatic N) is 1. The fourth-order valence-electron chi connectivity index (χ4n) is 1.42. The molecule has 0 saturated carbocycles. The molecule has 0 amide bonds. The smallest absolute Gasteiger partial charge is 0.176 e. The lowest BCUT2D eigenvalue weighted by Gasteiger charge is -2.10. The SMILES string of the molecule is Cc1cc(NC(=S)Nc2cc(Cl)ccc2C)no1. The van der Waals surface area contributed by atoms with Crippen LogP contribution in [0.1, 0.15) is 11.3 Å². The Balaban J connectivity index is 2.05. The topological polar surface area (TPSA) is 50.1 Å². The first-order valence-corrected chi connectivity index (χ1v) is 6.11. The summed E-state index contributed by atoms with van der Waals surface area (Å²) in [6.45, 7) is 3.79. The van der Waals surface area contributed by atoms with Gasteiger partial charge < -0.3 is 15.2 Å². The predicted octanol–water partition coefficient (Wildman–Crippen LogP) is 3.75. The van der Waals surface area contributed by atoms with Crippen LogP contribution >= 0.6 is 23.8 Å². The second-order valence-electron chi connectivity index (χ2n) is 3.86. The van der Waals surface area contributed by atoms with Gasteiger partial charge in [0.15, 0.2) is 10.9 Å². The van der Waals surface area contributed by atoms with Crippen LogP contribution in [-0.4, -0.2) is 10.3 Å². The first-order chi connectivity index (χ1) is 8.54. The number of nitrogens with one attached hydrogen (secondary N) is 2. The molecule has 1 aromatic carbocycles. The lowest BCUT2D eigenvalue weighted by Crippen LogP contribution is -2.19. The minimum absolute atomic E-state index is 0.439. The summed E-state index contributed by atoms with van der Waals surface area (Å²) in [5.41, 5.74) is 1.92. The van der Waals surface area contributed by atoms with Crippen molar-refractivity contribution in [1.82, 2.24) is 5.16 Å². The molecule has 0 atom stereocenters. The third kappa shape index (κ3) is 3.21. The molecule has 0 aliphatic heterocycles. The van der Waals surface area contributed by atoms with Crippen molar-refractivity contribution in [3.63, 3.8) is 0 Å². The first kappa shape index (κ1) is 12.9. The molecule has 0 spiro atoms. The highest BCUT2D eigenvalue weighted by Crippen LogP contribution is 2.20. The van der Waals surface area contributed by atoms with Crippen LogP contribution in [0.25, 0.3) is 0 Å². The molecule has 1 heterocycles. The van der Waals surface area contributed by atoms with E-state index in [0.29, 0.717) is 16.0 Å². The summed E-state index contributed by atoms with van der Waals surface area (Å²) in [6, 6.07) is 7.34. The molecule has 1 aromatic heterocycles. The van der Waals surface area contributed by atoms with Crippen molar-refractivity contribution in [3.8, 4) is 0 Å². The van der Waals surface area contributed by atoms with Crippen molar-refractivity contribution in [2.24, 2.45) is 0 Å². The minimum atomic E-state index is 0.439. The number of thiocarbonyl (C=S) groups is 1. The molecule has 2 N–H and O–H groups in total. The summed E-state index contributed by atoms with van der Waals surface area (Å²) in [7, 11) is 0. The maximum atomic E-state index is 5.93. The van der Waals surface area contributed by atoms with Gasteiger partial charge in [-0.1, -0.05) is 22.8 Å². The van der Waals surface area contributed by atoms with Crippen LogP contribution in [0.3, 0.4) is 0 Å². The van der Waals surface area contributed by atoms with Crippen LogP contribution in [0.4, 0.5) is 11.5 Å². The Labute approximate surface area is 115 Å². The molecule has 94 valence electrons. The predicted molar refractivity (Wildman–Crippen MR) is 77.3 cm³/mol. The highest BCUT2D eigenvalue weighted by atomic mass is 35.5. The number of aryl methyl sites for hydroxylation is 2. The summed E-state index contributed by atoms with van der Waals surface area (Å²) in [5.74, 6) is 1.30. The molecule has 0 radical (unpaired) electrons. The van der Waals surface area contributed by atoms with Crippen LogP contribution in [-0.2, 0) is 0 Å². The maximum absolute atomic E-state index is 5.93. The van der Waals surface area contributed by atoms with Crippen molar-refractivity contribution in [2.75, 3.05) is 10.6 Å². The number of anilines is 2. The Morgan fingerprint density at radius 2 is 2.06 bits per heavy atom. The van der Waals surface area contributed by atoms with E-state index in [-0.39, 0.29) is 0 Å². The van der Waals surface area contributed by atoms with Crippen LogP contribution in [0.2, 0.25) is 5.02 Å². The van der Waals surface area contributed by atoms with Crippen molar-refractivity contribution < 1.29 is 4.52 Å². The zero-order valence-corrected chi connectivity index (χ0v) is 11.5. The van der Waals surface area contributed by atoms with E-state index < -0.39 is 0 Å². The van der Waals surface area contributed by atoms with Gasteiger partial charge in [0.05, 0.1) is 0 Å². The number of halogens is 1. The third-order valence-electron chi connectivity index (χ3n) is 2.32. The highest BCUT2D eigenvalue weighted by molar-refractivity contribution is 7.80. The fraction of sp³-hybridized carbons (Fsp3) is 0.167. The number of rotatable bonds is 2. The van der Waals surface area contributed by atoms with E-state index in [1.807, 2.05) is 32.0 Å². The molecule has 0 saturated heterocycles. The number of aromatic nitrogens is 1. The van der Waals surface area contributed by atoms with Gasteiger partial charge in [0, 0.05) is 16.8 Å². The van der Waals surface area contributed by atoms with E-state index in [0.717, 1.165) is 17.0 Å². The van der Waals surface area contributed by atoms with Crippen LogP contribution < -0.4 is 10.6 Å². The molecule has 0 fully saturated rings. The molecule has 0 bridgehead atoms. The van der Waals surface area contributed by atoms with E-state index in [9.17, 15) is 0 Å². The highest BCUT2D eigenvalue weighted by Gasteiger charge is 2.05. The van der Waals surface area contributed by atoms with Crippen molar-refractivity contribution >= 4 is 40.4 Å². The van der Waals surface area contributed by atoms with Crippen molar-refractivity contribution in [1.29, 1.82) is 0 Å². The number of benzene rings is 1. The van der Waals surface area contributed by atoms with Gasteiger partial charge in [-0.15, -0.1) is 0 Å². The van der Waals surface area contributed by atoms with E-state index >= 15 is 0 Å². The van der Waals surface area contributed by atoms with Crippen molar-refractivity contribution in [2.45, 2.75) is 13.8 Å². The summed E-state index contributed by atoms with van der Waals surface area (Å²) in [4.78, 5) is 0. The second kappa shape index (κ2) is 5.37. The largest absolute Gasteiger partial charge is 0.360 e. The van der Waals surface area contributed by atoms with Gasteiger partial charge in [-0.3, -0.25) is 0 Å². The first-order valence-electron chi connectivity index (χ1n) is 5.32. The van der Waals surface area contributed by atoms with Gasteiger partial charge in [0.1, 0.15) is 5.76 Å². The minimum Gasteiger partial charge on any atom is -0.360 e. The fourth-order valence-corrected chi connectivity index (χ4v) is 1.81. The molecular weight excluding hydrogens is 270 g/mol. The number of hydrogen-bond acceptors (Lipinski definition) is 3. The Morgan fingerprint density at radius 3 is 2.72 bits per heavy atom. The average molecular weight is 282 g/mol. The lowest BCUT2D eigenvalue weighted by atomic mass is 10.2. The molecule has 0 unspecified atom stereocenters. The standard InChI is InChI=1S/C12H12ClN3OS/c1-7-3-4-9(13)6-10(7)14-12(18)15-11-5-8(2)17-16-11/h3-6H,1-2H3,(H2,14,15,16,18). The number of hydrogen-bond donors (Lipinski definition) is 2. The van der Waals surface area contributed by atoms with Gasteiger partial charge in [-0.05, 0) is 43.8 Å². The Hall–Kier alpha value is -1.59. The van der Waals surface area contributed by atoms with Crippen LogP contribution in [0.15, 0.2) is 28.8 Å². The third-order valence-corrected chi connectivity index (χ3v) is 2.76.